The van der Waals surface area contributed by atoms with E-state index in [1.54, 1.807) is 24.3 Å². The van der Waals surface area contributed by atoms with Crippen molar-refractivity contribution in [3.8, 4) is 0 Å². The summed E-state index contributed by atoms with van der Waals surface area (Å²) in [6, 6.07) is 11.3. The number of nitrogens with two attached hydrogens (primary N) is 1. The fourth-order valence-electron chi connectivity index (χ4n) is 2.47. The summed E-state index contributed by atoms with van der Waals surface area (Å²) in [5, 5.41) is 2.89. The molecule has 138 valence electrons. The number of nitrogens with one attached hydrogen (secondary N) is 1. The van der Waals surface area contributed by atoms with Gasteiger partial charge in [-0.25, -0.2) is 8.42 Å². The first-order valence-corrected chi connectivity index (χ1v) is 9.78. The van der Waals surface area contributed by atoms with Crippen LogP contribution in [0.1, 0.15) is 17.3 Å². The molecule has 0 aliphatic rings. The second-order valence-electron chi connectivity index (χ2n) is 5.61. The predicted octanol–water partition coefficient (Wildman–Crippen LogP) is 2.23. The van der Waals surface area contributed by atoms with Gasteiger partial charge in [-0.3, -0.25) is 13.9 Å². The van der Waals surface area contributed by atoms with Crippen molar-refractivity contribution in [3.63, 3.8) is 0 Å². The SMILES string of the molecule is CC(C(=O)Nc1ccccc1C(N)=O)N(c1cccc(Cl)c1)S(C)(=O)=O. The van der Waals surface area contributed by atoms with Crippen LogP contribution in [0.25, 0.3) is 0 Å². The van der Waals surface area contributed by atoms with Gasteiger partial charge in [-0.1, -0.05) is 29.8 Å². The van der Waals surface area contributed by atoms with Gasteiger partial charge in [-0.2, -0.15) is 0 Å². The van der Waals surface area contributed by atoms with E-state index >= 15 is 0 Å². The van der Waals surface area contributed by atoms with Gasteiger partial charge >= 0.3 is 0 Å². The molecule has 2 amide bonds. The van der Waals surface area contributed by atoms with E-state index in [2.05, 4.69) is 5.32 Å². The Kier molecular flexibility index (Phi) is 5.89. The van der Waals surface area contributed by atoms with Gasteiger partial charge in [0.1, 0.15) is 6.04 Å². The number of carbonyl (C=O) groups is 2. The van der Waals surface area contributed by atoms with Crippen molar-refractivity contribution in [3.05, 3.63) is 59.1 Å². The van der Waals surface area contributed by atoms with Crippen molar-refractivity contribution < 1.29 is 18.0 Å². The van der Waals surface area contributed by atoms with E-state index in [4.69, 9.17) is 17.3 Å². The van der Waals surface area contributed by atoms with Gasteiger partial charge in [0.2, 0.25) is 15.9 Å². The first-order valence-electron chi connectivity index (χ1n) is 7.56. The Morgan fingerprint density at radius 1 is 1.15 bits per heavy atom. The molecule has 2 aromatic rings. The summed E-state index contributed by atoms with van der Waals surface area (Å²) < 4.78 is 25.5. The average molecular weight is 396 g/mol. The zero-order valence-corrected chi connectivity index (χ0v) is 15.7. The van der Waals surface area contributed by atoms with Crippen molar-refractivity contribution in [2.75, 3.05) is 15.9 Å². The molecule has 2 aromatic carbocycles. The highest BCUT2D eigenvalue weighted by molar-refractivity contribution is 7.92. The minimum atomic E-state index is -3.78. The second kappa shape index (κ2) is 7.76. The smallest absolute Gasteiger partial charge is 0.250 e. The molecule has 0 heterocycles. The molecule has 1 atom stereocenters. The Hall–Kier alpha value is -2.58. The van der Waals surface area contributed by atoms with Crippen LogP contribution < -0.4 is 15.4 Å². The number of anilines is 2. The molecule has 0 saturated carbocycles. The van der Waals surface area contributed by atoms with Crippen molar-refractivity contribution >= 4 is 44.8 Å². The fraction of sp³-hybridized carbons (Fsp3) is 0.176. The lowest BCUT2D eigenvalue weighted by molar-refractivity contribution is -0.116. The van der Waals surface area contributed by atoms with E-state index in [1.807, 2.05) is 0 Å². The maximum atomic E-state index is 12.6. The number of primary amides is 1. The highest BCUT2D eigenvalue weighted by Crippen LogP contribution is 2.25. The van der Waals surface area contributed by atoms with Crippen LogP contribution in [-0.2, 0) is 14.8 Å². The third kappa shape index (κ3) is 4.53. The molecule has 2 rings (SSSR count). The first kappa shape index (κ1) is 19.7. The molecule has 1 unspecified atom stereocenters. The summed E-state index contributed by atoms with van der Waals surface area (Å²) in [6.45, 7) is 1.43. The monoisotopic (exact) mass is 395 g/mol. The molecule has 7 nitrogen and oxygen atoms in total. The molecule has 26 heavy (non-hydrogen) atoms. The quantitative estimate of drug-likeness (QED) is 0.781. The summed E-state index contributed by atoms with van der Waals surface area (Å²) in [5.74, 6) is -1.33. The predicted molar refractivity (Wildman–Crippen MR) is 102 cm³/mol. The highest BCUT2D eigenvalue weighted by atomic mass is 35.5. The van der Waals surface area contributed by atoms with Gasteiger partial charge < -0.3 is 11.1 Å². The number of hydrogen-bond donors (Lipinski definition) is 2. The van der Waals surface area contributed by atoms with Gasteiger partial charge in [0.15, 0.2) is 0 Å². The molecule has 3 N–H and O–H groups in total. The molecular weight excluding hydrogens is 378 g/mol. The van der Waals surface area contributed by atoms with E-state index < -0.39 is 27.9 Å². The number of nitrogens with zero attached hydrogens (tertiary/aromatic N) is 1. The lowest BCUT2D eigenvalue weighted by atomic mass is 10.1. The number of benzene rings is 2. The fourth-order valence-corrected chi connectivity index (χ4v) is 3.82. The van der Waals surface area contributed by atoms with Crippen molar-refractivity contribution in [2.24, 2.45) is 5.73 Å². The largest absolute Gasteiger partial charge is 0.366 e. The van der Waals surface area contributed by atoms with Gasteiger partial charge in [0, 0.05) is 5.02 Å². The molecular formula is C17H18ClN3O4S. The zero-order valence-electron chi connectivity index (χ0n) is 14.1. The third-order valence-electron chi connectivity index (χ3n) is 3.60. The zero-order chi connectivity index (χ0) is 19.5. The lowest BCUT2D eigenvalue weighted by Crippen LogP contribution is -2.45. The molecule has 0 spiro atoms. The topological polar surface area (TPSA) is 110 Å². The minimum Gasteiger partial charge on any atom is -0.366 e. The van der Waals surface area contributed by atoms with Crippen LogP contribution in [0.2, 0.25) is 5.02 Å². The van der Waals surface area contributed by atoms with Gasteiger partial charge in [-0.15, -0.1) is 0 Å². The number of sulfonamides is 1. The molecule has 0 bridgehead atoms. The highest BCUT2D eigenvalue weighted by Gasteiger charge is 2.29. The summed E-state index contributed by atoms with van der Waals surface area (Å²) in [4.78, 5) is 24.1. The number of para-hydroxylation sites is 1. The second-order valence-corrected chi connectivity index (χ2v) is 7.91. The maximum Gasteiger partial charge on any atom is 0.250 e. The van der Waals surface area contributed by atoms with E-state index in [0.29, 0.717) is 5.02 Å². The summed E-state index contributed by atoms with van der Waals surface area (Å²) in [6.07, 6.45) is 0.995. The molecule has 0 aliphatic heterocycles. The maximum absolute atomic E-state index is 12.6. The van der Waals surface area contributed by atoms with Crippen LogP contribution in [0.5, 0.6) is 0 Å². The number of halogens is 1. The Labute approximate surface area is 156 Å². The van der Waals surface area contributed by atoms with Crippen LogP contribution in [-0.4, -0.2) is 32.5 Å². The minimum absolute atomic E-state index is 0.127. The third-order valence-corrected chi connectivity index (χ3v) is 5.08. The molecule has 0 saturated heterocycles. The van der Waals surface area contributed by atoms with Crippen LogP contribution in [0.3, 0.4) is 0 Å². The summed E-state index contributed by atoms with van der Waals surface area (Å²) in [5.41, 5.74) is 5.88. The normalized spacial score (nSPS) is 12.3. The van der Waals surface area contributed by atoms with Crippen LogP contribution in [0.15, 0.2) is 48.5 Å². The summed E-state index contributed by atoms with van der Waals surface area (Å²) >= 11 is 5.94. The lowest BCUT2D eigenvalue weighted by Gasteiger charge is -2.28. The van der Waals surface area contributed by atoms with Gasteiger partial charge in [0.25, 0.3) is 5.91 Å². The number of amides is 2. The molecule has 9 heteroatoms. The first-order chi connectivity index (χ1) is 12.1. The molecule has 0 radical (unpaired) electrons. The number of rotatable bonds is 6. The average Bonchev–Trinajstić information content (AvgIpc) is 2.54. The van der Waals surface area contributed by atoms with Gasteiger partial charge in [0.05, 0.1) is 23.2 Å². The van der Waals surface area contributed by atoms with E-state index in [-0.39, 0.29) is 16.9 Å². The van der Waals surface area contributed by atoms with E-state index in [0.717, 1.165) is 10.6 Å². The van der Waals surface area contributed by atoms with Crippen LogP contribution in [0.4, 0.5) is 11.4 Å². The Balaban J connectivity index is 2.36. The standard InChI is InChI=1S/C17H18ClN3O4S/c1-11(17(23)20-15-9-4-3-8-14(15)16(19)22)21(26(2,24)25)13-7-5-6-12(18)10-13/h3-11H,1-2H3,(H2,19,22)(H,20,23). The van der Waals surface area contributed by atoms with Crippen LogP contribution in [0, 0.1) is 0 Å². The Bertz CT molecular complexity index is 947. The molecule has 0 aromatic heterocycles. The van der Waals surface area contributed by atoms with E-state index in [9.17, 15) is 18.0 Å². The molecule has 0 fully saturated rings. The number of hydrogen-bond acceptors (Lipinski definition) is 4. The molecule has 0 aliphatic carbocycles. The van der Waals surface area contributed by atoms with Crippen molar-refractivity contribution in [2.45, 2.75) is 13.0 Å². The van der Waals surface area contributed by atoms with E-state index in [1.165, 1.54) is 31.2 Å². The van der Waals surface area contributed by atoms with Gasteiger partial charge in [-0.05, 0) is 37.3 Å². The Morgan fingerprint density at radius 2 is 1.81 bits per heavy atom. The number of carbonyl (C=O) groups excluding carboxylic acids is 2. The van der Waals surface area contributed by atoms with Crippen LogP contribution >= 0.6 is 11.6 Å². The van der Waals surface area contributed by atoms with Crippen molar-refractivity contribution in [1.82, 2.24) is 0 Å². The van der Waals surface area contributed by atoms with Crippen molar-refractivity contribution in [1.29, 1.82) is 0 Å². The summed E-state index contributed by atoms with van der Waals surface area (Å²) in [7, 11) is -3.78. The Morgan fingerprint density at radius 3 is 2.38 bits per heavy atom.